The van der Waals surface area contributed by atoms with E-state index in [1.807, 2.05) is 50.4 Å². The Kier molecular flexibility index (Phi) is 4.99. The number of aromatic nitrogens is 6. The number of benzene rings is 2. The minimum absolute atomic E-state index is 0.263. The number of nitrogens with one attached hydrogen (secondary N) is 2. The third-order valence-electron chi connectivity index (χ3n) is 6.33. The Morgan fingerprint density at radius 3 is 2.85 bits per heavy atom. The van der Waals surface area contributed by atoms with Crippen LogP contribution in [0.2, 0.25) is 0 Å². The topological polar surface area (TPSA) is 93.5 Å². The van der Waals surface area contributed by atoms with E-state index >= 15 is 0 Å². The molecule has 0 aliphatic carbocycles. The van der Waals surface area contributed by atoms with Crippen LogP contribution in [0.4, 0.5) is 4.39 Å². The molecule has 6 rings (SSSR count). The second-order valence-electron chi connectivity index (χ2n) is 8.70. The molecule has 1 saturated heterocycles. The Labute approximate surface area is 195 Å². The summed E-state index contributed by atoms with van der Waals surface area (Å²) in [5.41, 5.74) is 5.76. The molecule has 1 aliphatic heterocycles. The van der Waals surface area contributed by atoms with Crippen molar-refractivity contribution in [2.75, 3.05) is 13.1 Å². The third-order valence-corrected chi connectivity index (χ3v) is 6.33. The molecule has 4 heterocycles. The van der Waals surface area contributed by atoms with Crippen LogP contribution >= 0.6 is 0 Å². The highest BCUT2D eigenvalue weighted by atomic mass is 19.1. The van der Waals surface area contributed by atoms with Crippen molar-refractivity contribution in [2.45, 2.75) is 32.5 Å². The summed E-state index contributed by atoms with van der Waals surface area (Å²) >= 11 is 0. The van der Waals surface area contributed by atoms with E-state index in [4.69, 9.17) is 9.72 Å². The predicted molar refractivity (Wildman–Crippen MR) is 128 cm³/mol. The number of ether oxygens (including phenoxy) is 1. The highest BCUT2D eigenvalue weighted by Crippen LogP contribution is 2.32. The van der Waals surface area contributed by atoms with Crippen LogP contribution in [0.1, 0.15) is 23.9 Å². The van der Waals surface area contributed by atoms with Crippen LogP contribution in [0.15, 0.2) is 48.9 Å². The lowest BCUT2D eigenvalue weighted by Gasteiger charge is -2.26. The molecule has 0 unspecified atom stereocenters. The van der Waals surface area contributed by atoms with Crippen LogP contribution in [-0.4, -0.2) is 49.0 Å². The van der Waals surface area contributed by atoms with Gasteiger partial charge in [0.25, 0.3) is 0 Å². The van der Waals surface area contributed by atoms with Crippen molar-refractivity contribution in [1.29, 1.82) is 0 Å². The highest BCUT2D eigenvalue weighted by molar-refractivity contribution is 5.82. The van der Waals surface area contributed by atoms with Gasteiger partial charge < -0.3 is 15.0 Å². The Bertz CT molecular complexity index is 1510. The maximum atomic E-state index is 14.3. The number of imidazole rings is 1. The Morgan fingerprint density at radius 1 is 1.09 bits per heavy atom. The van der Waals surface area contributed by atoms with Gasteiger partial charge in [-0.25, -0.2) is 14.4 Å². The van der Waals surface area contributed by atoms with E-state index in [0.717, 1.165) is 45.6 Å². The number of hydrogen-bond acceptors (Lipinski definition) is 6. The van der Waals surface area contributed by atoms with Gasteiger partial charge in [-0.2, -0.15) is 5.10 Å². The molecule has 2 N–H and O–H groups in total. The number of fused-ring (bicyclic) bond motifs is 2. The van der Waals surface area contributed by atoms with Gasteiger partial charge in [-0.15, -0.1) is 0 Å². The number of hydrogen-bond donors (Lipinski definition) is 2. The highest BCUT2D eigenvalue weighted by Gasteiger charge is 2.27. The lowest BCUT2D eigenvalue weighted by atomic mass is 10.1. The van der Waals surface area contributed by atoms with Gasteiger partial charge in [0.2, 0.25) is 0 Å². The van der Waals surface area contributed by atoms with Crippen molar-refractivity contribution in [3.8, 4) is 22.8 Å². The quantitative estimate of drug-likeness (QED) is 0.408. The molecule has 2 atom stereocenters. The SMILES string of the molecule is Cc1nc2ccc(Oc3ccc4ncc(-c5cnn([C@H]6CCNC[C@@H]6F)c5)nc4c3C)cc2[nH]1. The second kappa shape index (κ2) is 8.18. The molecular weight excluding hydrogens is 433 g/mol. The number of aromatic amines is 1. The fourth-order valence-corrected chi connectivity index (χ4v) is 4.51. The van der Waals surface area contributed by atoms with Crippen LogP contribution in [0.25, 0.3) is 33.3 Å². The monoisotopic (exact) mass is 457 g/mol. The molecule has 1 fully saturated rings. The fraction of sp³-hybridized carbons (Fsp3) is 0.280. The molecule has 3 aromatic heterocycles. The lowest BCUT2D eigenvalue weighted by molar-refractivity contribution is 0.173. The van der Waals surface area contributed by atoms with E-state index in [-0.39, 0.29) is 6.04 Å². The van der Waals surface area contributed by atoms with Gasteiger partial charge in [0.15, 0.2) is 0 Å². The van der Waals surface area contributed by atoms with Crippen LogP contribution in [0, 0.1) is 13.8 Å². The molecule has 34 heavy (non-hydrogen) atoms. The standard InChI is InChI=1S/C25H24FN7O/c1-14-24(34-17-3-4-19-21(9-17)31-15(2)30-19)6-5-20-25(14)32-22(12-28-20)16-10-29-33(13-16)23-7-8-27-11-18(23)26/h3-6,9-10,12-13,18,23,27H,7-8,11H2,1-2H3,(H,30,31)/t18-,23-/m0/s1. The van der Waals surface area contributed by atoms with Gasteiger partial charge in [-0.05, 0) is 51.1 Å². The van der Waals surface area contributed by atoms with E-state index in [0.29, 0.717) is 30.2 Å². The molecule has 0 bridgehead atoms. The van der Waals surface area contributed by atoms with E-state index in [2.05, 4.69) is 25.4 Å². The van der Waals surface area contributed by atoms with Crippen molar-refractivity contribution < 1.29 is 9.13 Å². The zero-order valence-electron chi connectivity index (χ0n) is 18.9. The van der Waals surface area contributed by atoms with E-state index < -0.39 is 6.17 Å². The predicted octanol–water partition coefficient (Wildman–Crippen LogP) is 4.65. The van der Waals surface area contributed by atoms with Gasteiger partial charge in [-0.1, -0.05) is 0 Å². The summed E-state index contributed by atoms with van der Waals surface area (Å²) in [5.74, 6) is 2.29. The number of nitrogens with zero attached hydrogens (tertiary/aromatic N) is 5. The molecule has 172 valence electrons. The lowest BCUT2D eigenvalue weighted by Crippen LogP contribution is -2.39. The zero-order valence-corrected chi connectivity index (χ0v) is 18.9. The summed E-state index contributed by atoms with van der Waals surface area (Å²) in [7, 11) is 0. The van der Waals surface area contributed by atoms with E-state index in [1.165, 1.54) is 0 Å². The average Bonchev–Trinajstić information content (AvgIpc) is 3.47. The van der Waals surface area contributed by atoms with E-state index in [9.17, 15) is 4.39 Å². The number of piperidine rings is 1. The van der Waals surface area contributed by atoms with Crippen molar-refractivity contribution in [2.24, 2.45) is 0 Å². The number of rotatable bonds is 4. The fourth-order valence-electron chi connectivity index (χ4n) is 4.51. The van der Waals surface area contributed by atoms with Crippen molar-refractivity contribution in [1.82, 2.24) is 35.0 Å². The van der Waals surface area contributed by atoms with Crippen molar-refractivity contribution >= 4 is 22.1 Å². The third kappa shape index (κ3) is 3.67. The number of H-pyrrole nitrogens is 1. The molecule has 9 heteroatoms. The first-order valence-corrected chi connectivity index (χ1v) is 11.3. The first-order valence-electron chi connectivity index (χ1n) is 11.3. The summed E-state index contributed by atoms with van der Waals surface area (Å²) in [6, 6.07) is 9.33. The minimum atomic E-state index is -0.962. The second-order valence-corrected chi connectivity index (χ2v) is 8.70. The van der Waals surface area contributed by atoms with Gasteiger partial charge >= 0.3 is 0 Å². The first kappa shape index (κ1) is 20.7. The summed E-state index contributed by atoms with van der Waals surface area (Å²) < 4.78 is 22.3. The molecule has 2 aromatic carbocycles. The largest absolute Gasteiger partial charge is 0.457 e. The van der Waals surface area contributed by atoms with Gasteiger partial charge in [0.05, 0.1) is 46.2 Å². The summed E-state index contributed by atoms with van der Waals surface area (Å²) in [6.07, 6.45) is 5.05. The Hall–Kier alpha value is -3.85. The maximum Gasteiger partial charge on any atom is 0.135 e. The van der Waals surface area contributed by atoms with Crippen LogP contribution in [0.3, 0.4) is 0 Å². The maximum absolute atomic E-state index is 14.3. The molecule has 0 amide bonds. The first-order chi connectivity index (χ1) is 16.5. The molecule has 5 aromatic rings. The van der Waals surface area contributed by atoms with Gasteiger partial charge in [-0.3, -0.25) is 9.67 Å². The van der Waals surface area contributed by atoms with Crippen LogP contribution < -0.4 is 10.1 Å². The molecular formula is C25H24FN7O. The Balaban J connectivity index is 1.32. The minimum Gasteiger partial charge on any atom is -0.457 e. The number of halogens is 1. The number of aryl methyl sites for hydroxylation is 2. The molecule has 0 radical (unpaired) electrons. The van der Waals surface area contributed by atoms with Gasteiger partial charge in [0.1, 0.15) is 23.5 Å². The van der Waals surface area contributed by atoms with Crippen molar-refractivity contribution in [3.05, 3.63) is 60.3 Å². The molecule has 8 nitrogen and oxygen atoms in total. The Morgan fingerprint density at radius 2 is 1.97 bits per heavy atom. The molecule has 0 saturated carbocycles. The van der Waals surface area contributed by atoms with Gasteiger partial charge in [0, 0.05) is 29.9 Å². The zero-order chi connectivity index (χ0) is 23.2. The molecule has 0 spiro atoms. The van der Waals surface area contributed by atoms with Crippen molar-refractivity contribution in [3.63, 3.8) is 0 Å². The van der Waals surface area contributed by atoms with Crippen LogP contribution in [0.5, 0.6) is 11.5 Å². The average molecular weight is 458 g/mol. The summed E-state index contributed by atoms with van der Waals surface area (Å²) in [6.45, 7) is 5.03. The molecule has 1 aliphatic rings. The smallest absolute Gasteiger partial charge is 0.135 e. The summed E-state index contributed by atoms with van der Waals surface area (Å²) in [4.78, 5) is 17.1. The summed E-state index contributed by atoms with van der Waals surface area (Å²) in [5, 5.41) is 7.49. The normalized spacial score (nSPS) is 18.6. The van der Waals surface area contributed by atoms with Crippen LogP contribution in [-0.2, 0) is 0 Å². The number of alkyl halides is 1. The van der Waals surface area contributed by atoms with E-state index in [1.54, 1.807) is 17.1 Å².